The Labute approximate surface area is 171 Å². The summed E-state index contributed by atoms with van der Waals surface area (Å²) in [7, 11) is 0. The number of hydrogen-bond acceptors (Lipinski definition) is 5. The molecule has 1 aliphatic carbocycles. The molecule has 148 valence electrons. The van der Waals surface area contributed by atoms with Crippen LogP contribution in [-0.2, 0) is 11.2 Å². The SMILES string of the molecule is CCc1ccc([C@@H]2C(C#N)=C(N)N(c3c(F)cccc3F)C3=C2C(=O)CCC3)s1. The predicted molar refractivity (Wildman–Crippen MR) is 108 cm³/mol. The Kier molecular flexibility index (Phi) is 4.97. The number of para-hydroxylation sites is 1. The molecule has 2 aromatic rings. The van der Waals surface area contributed by atoms with Crippen molar-refractivity contribution in [1.82, 2.24) is 0 Å². The summed E-state index contributed by atoms with van der Waals surface area (Å²) in [6, 6.07) is 9.54. The van der Waals surface area contributed by atoms with Crippen LogP contribution in [-0.4, -0.2) is 5.78 Å². The number of aryl methyl sites for hydroxylation is 1. The summed E-state index contributed by atoms with van der Waals surface area (Å²) in [6.45, 7) is 2.03. The van der Waals surface area contributed by atoms with Crippen LogP contribution in [0.4, 0.5) is 14.5 Å². The Hall–Kier alpha value is -2.98. The van der Waals surface area contributed by atoms with E-state index in [0.29, 0.717) is 30.5 Å². The standard InChI is InChI=1S/C22H19F2N3OS/c1-2-12-9-10-18(29-12)19-13(11-25)22(26)27(16-7-4-8-17(28)20(16)19)21-14(23)5-3-6-15(21)24/h3,5-6,9-10,19H,2,4,7-8,26H2,1H3/t19-/m0/s1. The molecular weight excluding hydrogens is 392 g/mol. The van der Waals surface area contributed by atoms with Crippen LogP contribution >= 0.6 is 11.3 Å². The van der Waals surface area contributed by atoms with Gasteiger partial charge in [0.25, 0.3) is 0 Å². The number of halogens is 2. The van der Waals surface area contributed by atoms with E-state index in [1.807, 2.05) is 19.1 Å². The van der Waals surface area contributed by atoms with E-state index >= 15 is 0 Å². The molecule has 2 aliphatic rings. The summed E-state index contributed by atoms with van der Waals surface area (Å²) < 4.78 is 29.2. The lowest BCUT2D eigenvalue weighted by Crippen LogP contribution is -2.39. The van der Waals surface area contributed by atoms with Gasteiger partial charge in [0.05, 0.1) is 17.6 Å². The van der Waals surface area contributed by atoms with Crippen molar-refractivity contribution in [1.29, 1.82) is 5.26 Å². The number of hydrogen-bond donors (Lipinski definition) is 1. The third kappa shape index (κ3) is 3.04. The van der Waals surface area contributed by atoms with E-state index in [9.17, 15) is 18.8 Å². The smallest absolute Gasteiger partial charge is 0.161 e. The molecule has 0 unspecified atom stereocenters. The first kappa shape index (κ1) is 19.3. The van der Waals surface area contributed by atoms with E-state index in [0.717, 1.165) is 28.3 Å². The summed E-state index contributed by atoms with van der Waals surface area (Å²) in [6.07, 6.45) is 2.20. The van der Waals surface area contributed by atoms with Gasteiger partial charge in [0.1, 0.15) is 23.1 Å². The van der Waals surface area contributed by atoms with E-state index in [2.05, 4.69) is 6.07 Å². The third-order valence-electron chi connectivity index (χ3n) is 5.39. The molecule has 2 heterocycles. The fourth-order valence-electron chi connectivity index (χ4n) is 4.07. The molecule has 0 saturated heterocycles. The van der Waals surface area contributed by atoms with Crippen LogP contribution in [0.1, 0.15) is 41.9 Å². The topological polar surface area (TPSA) is 70.1 Å². The quantitative estimate of drug-likeness (QED) is 0.780. The molecule has 7 heteroatoms. The van der Waals surface area contributed by atoms with Crippen LogP contribution in [0.5, 0.6) is 0 Å². The molecule has 2 N–H and O–H groups in total. The number of carbonyl (C=O) groups is 1. The molecule has 0 fully saturated rings. The van der Waals surface area contributed by atoms with Crippen molar-refractivity contribution in [2.24, 2.45) is 5.73 Å². The Balaban J connectivity index is 2.00. The van der Waals surface area contributed by atoms with Crippen LogP contribution in [0.15, 0.2) is 53.0 Å². The van der Waals surface area contributed by atoms with Crippen LogP contribution in [0.2, 0.25) is 0 Å². The number of carbonyl (C=O) groups excluding carboxylic acids is 1. The van der Waals surface area contributed by atoms with Gasteiger partial charge < -0.3 is 5.73 Å². The van der Waals surface area contributed by atoms with Gasteiger partial charge in [-0.15, -0.1) is 11.3 Å². The van der Waals surface area contributed by atoms with E-state index in [4.69, 9.17) is 5.73 Å². The predicted octanol–water partition coefficient (Wildman–Crippen LogP) is 4.89. The van der Waals surface area contributed by atoms with Gasteiger partial charge in [-0.25, -0.2) is 8.78 Å². The van der Waals surface area contributed by atoms with Gasteiger partial charge >= 0.3 is 0 Å². The number of nitriles is 1. The molecule has 1 atom stereocenters. The summed E-state index contributed by atoms with van der Waals surface area (Å²) in [5.74, 6) is -2.32. The molecule has 1 aromatic heterocycles. The fourth-order valence-corrected chi connectivity index (χ4v) is 5.14. The molecule has 4 rings (SSSR count). The average Bonchev–Trinajstić information content (AvgIpc) is 3.18. The van der Waals surface area contributed by atoms with E-state index in [-0.39, 0.29) is 22.9 Å². The number of Topliss-reactive ketones (excluding diaryl/α,β-unsaturated/α-hetero) is 1. The molecule has 1 aromatic carbocycles. The van der Waals surface area contributed by atoms with E-state index in [1.54, 1.807) is 0 Å². The third-order valence-corrected chi connectivity index (χ3v) is 6.68. The number of thiophene rings is 1. The zero-order chi connectivity index (χ0) is 20.7. The van der Waals surface area contributed by atoms with Gasteiger partial charge in [-0.1, -0.05) is 13.0 Å². The lowest BCUT2D eigenvalue weighted by molar-refractivity contribution is -0.116. The average molecular weight is 411 g/mol. The second-order valence-electron chi connectivity index (χ2n) is 7.04. The number of benzene rings is 1. The zero-order valence-electron chi connectivity index (χ0n) is 15.8. The molecule has 4 nitrogen and oxygen atoms in total. The molecule has 0 saturated carbocycles. The Morgan fingerprint density at radius 3 is 2.59 bits per heavy atom. The minimum Gasteiger partial charge on any atom is -0.384 e. The van der Waals surface area contributed by atoms with Crippen molar-refractivity contribution in [3.05, 3.63) is 74.4 Å². The van der Waals surface area contributed by atoms with E-state index < -0.39 is 17.6 Å². The second kappa shape index (κ2) is 7.45. The van der Waals surface area contributed by atoms with Crippen LogP contribution in [0, 0.1) is 23.0 Å². The van der Waals surface area contributed by atoms with Gasteiger partial charge in [0, 0.05) is 27.4 Å². The number of allylic oxidation sites excluding steroid dienone is 3. The number of anilines is 1. The summed E-state index contributed by atoms with van der Waals surface area (Å²) >= 11 is 1.53. The van der Waals surface area contributed by atoms with Gasteiger partial charge in [-0.05, 0) is 43.5 Å². The van der Waals surface area contributed by atoms with Crippen molar-refractivity contribution in [3.63, 3.8) is 0 Å². The lowest BCUT2D eigenvalue weighted by atomic mass is 9.78. The highest BCUT2D eigenvalue weighted by molar-refractivity contribution is 7.12. The van der Waals surface area contributed by atoms with Gasteiger partial charge in [0.2, 0.25) is 0 Å². The van der Waals surface area contributed by atoms with Crippen LogP contribution in [0.25, 0.3) is 0 Å². The maximum absolute atomic E-state index is 14.6. The molecule has 1 aliphatic heterocycles. The number of rotatable bonds is 3. The first-order valence-electron chi connectivity index (χ1n) is 9.46. The number of nitrogens with two attached hydrogens (primary N) is 1. The second-order valence-corrected chi connectivity index (χ2v) is 8.24. The van der Waals surface area contributed by atoms with Crippen molar-refractivity contribution in [2.45, 2.75) is 38.5 Å². The molecular formula is C22H19F2N3OS. The normalized spacial score (nSPS) is 19.4. The zero-order valence-corrected chi connectivity index (χ0v) is 16.7. The van der Waals surface area contributed by atoms with Crippen molar-refractivity contribution in [2.75, 3.05) is 4.90 Å². The highest BCUT2D eigenvalue weighted by atomic mass is 32.1. The number of ketones is 1. The van der Waals surface area contributed by atoms with Gasteiger partial charge in [0.15, 0.2) is 5.78 Å². The van der Waals surface area contributed by atoms with Crippen LogP contribution < -0.4 is 10.6 Å². The highest BCUT2D eigenvalue weighted by Crippen LogP contribution is 2.48. The highest BCUT2D eigenvalue weighted by Gasteiger charge is 2.42. The number of nitrogens with zero attached hydrogens (tertiary/aromatic N) is 2. The molecule has 0 spiro atoms. The monoisotopic (exact) mass is 411 g/mol. The Morgan fingerprint density at radius 1 is 1.24 bits per heavy atom. The molecule has 0 amide bonds. The van der Waals surface area contributed by atoms with Crippen molar-refractivity contribution >= 4 is 22.8 Å². The molecule has 0 bridgehead atoms. The fraction of sp³-hybridized carbons (Fsp3) is 0.273. The maximum atomic E-state index is 14.6. The molecule has 0 radical (unpaired) electrons. The summed E-state index contributed by atoms with van der Waals surface area (Å²) in [5, 5.41) is 9.91. The molecule has 29 heavy (non-hydrogen) atoms. The Bertz CT molecular complexity index is 1090. The van der Waals surface area contributed by atoms with Crippen LogP contribution in [0.3, 0.4) is 0 Å². The minimum atomic E-state index is -0.794. The minimum absolute atomic E-state index is 0.0265. The van der Waals surface area contributed by atoms with E-state index in [1.165, 1.54) is 22.3 Å². The lowest BCUT2D eigenvalue weighted by Gasteiger charge is -2.39. The first-order valence-corrected chi connectivity index (χ1v) is 10.3. The largest absolute Gasteiger partial charge is 0.384 e. The Morgan fingerprint density at radius 2 is 1.97 bits per heavy atom. The first-order chi connectivity index (χ1) is 14.0. The van der Waals surface area contributed by atoms with Crippen molar-refractivity contribution in [3.8, 4) is 6.07 Å². The summed E-state index contributed by atoms with van der Waals surface area (Å²) in [5.41, 5.74) is 7.04. The van der Waals surface area contributed by atoms with Gasteiger partial charge in [-0.2, -0.15) is 5.26 Å². The summed E-state index contributed by atoms with van der Waals surface area (Å²) in [4.78, 5) is 16.2. The maximum Gasteiger partial charge on any atom is 0.161 e. The van der Waals surface area contributed by atoms with Gasteiger partial charge in [-0.3, -0.25) is 9.69 Å². The van der Waals surface area contributed by atoms with Crippen molar-refractivity contribution < 1.29 is 13.6 Å².